The maximum absolute atomic E-state index is 5.92. The summed E-state index contributed by atoms with van der Waals surface area (Å²) in [5, 5.41) is 12.2. The lowest BCUT2D eigenvalue weighted by atomic mass is 9.92. The van der Waals surface area contributed by atoms with E-state index in [1.54, 1.807) is 13.2 Å². The second-order valence-corrected chi connectivity index (χ2v) is 5.52. The van der Waals surface area contributed by atoms with Crippen LogP contribution in [-0.4, -0.2) is 40.5 Å². The molecule has 2 aromatic rings. The molecule has 1 fully saturated rings. The number of hydrogen-bond donors (Lipinski definition) is 1. The molecule has 7 nitrogen and oxygen atoms in total. The highest BCUT2D eigenvalue weighted by Gasteiger charge is 2.33. The summed E-state index contributed by atoms with van der Waals surface area (Å²) in [6, 6.07) is 5.52. The largest absolute Gasteiger partial charge is 0.497 e. The average molecular weight is 289 g/mol. The van der Waals surface area contributed by atoms with Gasteiger partial charge in [-0.1, -0.05) is 0 Å². The van der Waals surface area contributed by atoms with Gasteiger partial charge in [0.25, 0.3) is 0 Å². The van der Waals surface area contributed by atoms with Crippen LogP contribution in [0.3, 0.4) is 0 Å². The molecule has 0 spiro atoms. The van der Waals surface area contributed by atoms with Crippen molar-refractivity contribution >= 4 is 5.69 Å². The van der Waals surface area contributed by atoms with Gasteiger partial charge in [0.1, 0.15) is 5.75 Å². The Morgan fingerprint density at radius 2 is 2.05 bits per heavy atom. The van der Waals surface area contributed by atoms with E-state index in [0.717, 1.165) is 31.6 Å². The Balaban J connectivity index is 2.04. The second-order valence-electron chi connectivity index (χ2n) is 5.52. The zero-order chi connectivity index (χ0) is 14.9. The van der Waals surface area contributed by atoms with Crippen LogP contribution in [0.1, 0.15) is 19.8 Å². The molecule has 112 valence electrons. The Labute approximate surface area is 123 Å². The fourth-order valence-electron chi connectivity index (χ4n) is 2.62. The van der Waals surface area contributed by atoms with Gasteiger partial charge in [0, 0.05) is 30.5 Å². The van der Waals surface area contributed by atoms with Crippen molar-refractivity contribution in [1.82, 2.24) is 20.2 Å². The van der Waals surface area contributed by atoms with Crippen molar-refractivity contribution in [2.24, 2.45) is 0 Å². The lowest BCUT2D eigenvalue weighted by molar-refractivity contribution is 0.0240. The minimum absolute atomic E-state index is 0.144. The second kappa shape index (κ2) is 5.33. The van der Waals surface area contributed by atoms with E-state index >= 15 is 0 Å². The highest BCUT2D eigenvalue weighted by molar-refractivity contribution is 5.64. The van der Waals surface area contributed by atoms with Crippen molar-refractivity contribution in [2.45, 2.75) is 25.3 Å². The number of benzene rings is 1. The molecule has 0 saturated carbocycles. The molecule has 0 bridgehead atoms. The summed E-state index contributed by atoms with van der Waals surface area (Å²) in [5.74, 6) is 1.39. The molecule has 3 rings (SSSR count). The van der Waals surface area contributed by atoms with E-state index in [4.69, 9.17) is 15.2 Å². The van der Waals surface area contributed by atoms with Gasteiger partial charge in [-0.3, -0.25) is 0 Å². The first kappa shape index (κ1) is 13.8. The Kier molecular flexibility index (Phi) is 3.50. The molecule has 1 saturated heterocycles. The lowest BCUT2D eigenvalue weighted by Crippen LogP contribution is -2.38. The van der Waals surface area contributed by atoms with Gasteiger partial charge in [-0.2, -0.15) is 0 Å². The lowest BCUT2D eigenvalue weighted by Gasteiger charge is -2.33. The number of tetrazole rings is 1. The molecule has 0 amide bonds. The van der Waals surface area contributed by atoms with Gasteiger partial charge in [0.05, 0.1) is 12.6 Å². The Morgan fingerprint density at radius 1 is 1.29 bits per heavy atom. The summed E-state index contributed by atoms with van der Waals surface area (Å²) in [7, 11) is 1.61. The summed E-state index contributed by atoms with van der Waals surface area (Å²) in [5.41, 5.74) is 7.25. The first-order chi connectivity index (χ1) is 10.1. The Bertz CT molecular complexity index is 634. The van der Waals surface area contributed by atoms with Crippen LogP contribution in [0.4, 0.5) is 5.69 Å². The van der Waals surface area contributed by atoms with Crippen molar-refractivity contribution in [3.63, 3.8) is 0 Å². The highest BCUT2D eigenvalue weighted by atomic mass is 16.5. The minimum Gasteiger partial charge on any atom is -0.497 e. The van der Waals surface area contributed by atoms with Gasteiger partial charge in [-0.15, -0.1) is 5.10 Å². The molecule has 1 aliphatic rings. The maximum atomic E-state index is 5.92. The van der Waals surface area contributed by atoms with Crippen LogP contribution in [0.15, 0.2) is 18.2 Å². The fraction of sp³-hybridized carbons (Fsp3) is 0.500. The van der Waals surface area contributed by atoms with Crippen molar-refractivity contribution < 1.29 is 9.47 Å². The van der Waals surface area contributed by atoms with E-state index < -0.39 is 0 Å². The van der Waals surface area contributed by atoms with Gasteiger partial charge in [0.2, 0.25) is 0 Å². The number of anilines is 1. The van der Waals surface area contributed by atoms with Crippen LogP contribution in [0.5, 0.6) is 5.75 Å². The zero-order valence-electron chi connectivity index (χ0n) is 12.2. The fourth-order valence-corrected chi connectivity index (χ4v) is 2.62. The van der Waals surface area contributed by atoms with E-state index in [2.05, 4.69) is 22.4 Å². The van der Waals surface area contributed by atoms with E-state index in [1.165, 1.54) is 0 Å². The molecular weight excluding hydrogens is 270 g/mol. The molecule has 7 heteroatoms. The Hall–Kier alpha value is -2.15. The van der Waals surface area contributed by atoms with Gasteiger partial charge in [0.15, 0.2) is 5.82 Å². The maximum Gasteiger partial charge on any atom is 0.182 e. The predicted octanol–water partition coefficient (Wildman–Crippen LogP) is 1.46. The van der Waals surface area contributed by atoms with Crippen LogP contribution in [0.25, 0.3) is 11.4 Å². The molecule has 1 aromatic carbocycles. The third kappa shape index (κ3) is 2.56. The van der Waals surface area contributed by atoms with E-state index in [-0.39, 0.29) is 5.54 Å². The summed E-state index contributed by atoms with van der Waals surface area (Å²) in [6.45, 7) is 3.59. The van der Waals surface area contributed by atoms with Crippen molar-refractivity contribution in [2.75, 3.05) is 26.1 Å². The highest BCUT2D eigenvalue weighted by Crippen LogP contribution is 2.33. The van der Waals surface area contributed by atoms with Crippen LogP contribution < -0.4 is 10.5 Å². The first-order valence-corrected chi connectivity index (χ1v) is 6.94. The predicted molar refractivity (Wildman–Crippen MR) is 77.9 cm³/mol. The number of nitrogens with two attached hydrogens (primary N) is 1. The van der Waals surface area contributed by atoms with Gasteiger partial charge >= 0.3 is 0 Å². The molecule has 0 radical (unpaired) electrons. The van der Waals surface area contributed by atoms with Gasteiger partial charge < -0.3 is 15.2 Å². The van der Waals surface area contributed by atoms with E-state index in [0.29, 0.717) is 17.3 Å². The molecule has 2 N–H and O–H groups in total. The molecule has 1 aromatic heterocycles. The Morgan fingerprint density at radius 3 is 2.76 bits per heavy atom. The van der Waals surface area contributed by atoms with E-state index in [9.17, 15) is 0 Å². The van der Waals surface area contributed by atoms with Crippen molar-refractivity contribution in [3.05, 3.63) is 18.2 Å². The molecule has 1 aliphatic heterocycles. The number of nitrogens with zero attached hydrogens (tertiary/aromatic N) is 4. The molecular formula is C14H19N5O2. The number of ether oxygens (including phenoxy) is 2. The van der Waals surface area contributed by atoms with Crippen LogP contribution in [0.2, 0.25) is 0 Å². The smallest absolute Gasteiger partial charge is 0.182 e. The number of aromatic nitrogens is 4. The molecule has 0 atom stereocenters. The summed E-state index contributed by atoms with van der Waals surface area (Å²) < 4.78 is 12.6. The van der Waals surface area contributed by atoms with E-state index in [1.807, 2.05) is 16.8 Å². The van der Waals surface area contributed by atoms with Crippen LogP contribution in [-0.2, 0) is 10.3 Å². The normalized spacial score (nSPS) is 17.6. The average Bonchev–Trinajstić information content (AvgIpc) is 2.97. The monoisotopic (exact) mass is 289 g/mol. The molecule has 21 heavy (non-hydrogen) atoms. The molecule has 2 heterocycles. The van der Waals surface area contributed by atoms with Gasteiger partial charge in [-0.05, 0) is 42.3 Å². The van der Waals surface area contributed by atoms with Crippen molar-refractivity contribution in [1.29, 1.82) is 0 Å². The topological polar surface area (TPSA) is 88.1 Å². The number of rotatable bonds is 3. The quantitative estimate of drug-likeness (QED) is 0.861. The van der Waals surface area contributed by atoms with Crippen molar-refractivity contribution in [3.8, 4) is 17.1 Å². The number of methoxy groups -OCH3 is 1. The number of nitrogen functional groups attached to an aromatic ring is 1. The third-order valence-electron chi connectivity index (χ3n) is 3.97. The third-order valence-corrected chi connectivity index (χ3v) is 3.97. The number of hydrogen-bond acceptors (Lipinski definition) is 6. The molecule has 0 unspecified atom stereocenters. The molecule has 0 aliphatic carbocycles. The first-order valence-electron chi connectivity index (χ1n) is 6.94. The van der Waals surface area contributed by atoms with Gasteiger partial charge in [-0.25, -0.2) is 4.68 Å². The standard InChI is InChI=1S/C14H19N5O2/c1-14(3-5-21-6-4-14)19-13(16-17-18-19)10-7-11(15)9-12(8-10)20-2/h7-9H,3-6,15H2,1-2H3. The minimum atomic E-state index is -0.144. The summed E-state index contributed by atoms with van der Waals surface area (Å²) in [4.78, 5) is 0. The SMILES string of the molecule is COc1cc(N)cc(-c2nnnn2C2(C)CCOCC2)c1. The van der Waals surface area contributed by atoms with Crippen LogP contribution >= 0.6 is 0 Å². The summed E-state index contributed by atoms with van der Waals surface area (Å²) >= 11 is 0. The van der Waals surface area contributed by atoms with Crippen LogP contribution in [0, 0.1) is 0 Å². The zero-order valence-corrected chi connectivity index (χ0v) is 12.2. The summed E-state index contributed by atoms with van der Waals surface area (Å²) in [6.07, 6.45) is 1.76.